The minimum atomic E-state index is -4.04. The Balaban J connectivity index is 1.50. The lowest BCUT2D eigenvalue weighted by Gasteiger charge is -2.32. The molecule has 0 aliphatic carbocycles. The van der Waals surface area contributed by atoms with Crippen molar-refractivity contribution in [3.63, 3.8) is 0 Å². The predicted octanol–water partition coefficient (Wildman–Crippen LogP) is 3.30. The number of rotatable bonds is 5. The van der Waals surface area contributed by atoms with Crippen molar-refractivity contribution in [2.45, 2.75) is 23.9 Å². The molecule has 2 heterocycles. The minimum Gasteiger partial charge on any atom is -0.336 e. The Bertz CT molecular complexity index is 1390. The van der Waals surface area contributed by atoms with Crippen molar-refractivity contribution >= 4 is 38.7 Å². The van der Waals surface area contributed by atoms with Crippen LogP contribution in [0.3, 0.4) is 0 Å². The molecule has 3 aromatic carbocycles. The number of carbonyl (C=O) groups excluding carboxylic acids is 1. The molecule has 1 aromatic heterocycles. The third-order valence-electron chi connectivity index (χ3n) is 5.63. The fourth-order valence-electron chi connectivity index (χ4n) is 3.99. The van der Waals surface area contributed by atoms with Gasteiger partial charge >= 0.3 is 0 Å². The summed E-state index contributed by atoms with van der Waals surface area (Å²) in [5, 5.41) is 0. The highest BCUT2D eigenvalue weighted by Gasteiger charge is 2.33. The molecular formula is C23H20N4O3S2. The predicted molar refractivity (Wildman–Crippen MR) is 122 cm³/mol. The van der Waals surface area contributed by atoms with Crippen LogP contribution < -0.4 is 4.72 Å². The van der Waals surface area contributed by atoms with Gasteiger partial charge in [-0.15, -0.1) is 0 Å². The summed E-state index contributed by atoms with van der Waals surface area (Å²) < 4.78 is 37.6. The summed E-state index contributed by atoms with van der Waals surface area (Å²) in [7, 11) is -4.04. The van der Waals surface area contributed by atoms with E-state index in [1.807, 2.05) is 24.3 Å². The second-order valence-electron chi connectivity index (χ2n) is 7.63. The van der Waals surface area contributed by atoms with Gasteiger partial charge in [0.25, 0.3) is 0 Å². The molecular weight excluding hydrogens is 444 g/mol. The topological polar surface area (TPSA) is 92.3 Å². The van der Waals surface area contributed by atoms with Crippen LogP contribution >= 0.6 is 11.7 Å². The first-order valence-corrected chi connectivity index (χ1v) is 12.4. The zero-order chi connectivity index (χ0) is 22.1. The van der Waals surface area contributed by atoms with E-state index < -0.39 is 16.1 Å². The fraction of sp³-hybridized carbons (Fsp3) is 0.174. The smallest absolute Gasteiger partial charge is 0.245 e. The van der Waals surface area contributed by atoms with E-state index in [1.165, 1.54) is 11.6 Å². The summed E-state index contributed by atoms with van der Waals surface area (Å²) in [4.78, 5) is 15.3. The molecule has 7 nitrogen and oxygen atoms in total. The van der Waals surface area contributed by atoms with Crippen LogP contribution in [0, 0.1) is 0 Å². The Morgan fingerprint density at radius 1 is 0.938 bits per heavy atom. The monoisotopic (exact) mass is 464 g/mol. The molecule has 162 valence electrons. The number of fused-ring (bicyclic) bond motifs is 2. The second-order valence-corrected chi connectivity index (χ2v) is 9.84. The van der Waals surface area contributed by atoms with Crippen LogP contribution in [0.15, 0.2) is 77.7 Å². The van der Waals surface area contributed by atoms with Crippen LogP contribution in [0.1, 0.15) is 22.7 Å². The lowest BCUT2D eigenvalue weighted by Crippen LogP contribution is -2.44. The van der Waals surface area contributed by atoms with E-state index in [0.29, 0.717) is 29.7 Å². The lowest BCUT2D eigenvalue weighted by atomic mass is 9.98. The molecule has 0 fully saturated rings. The van der Waals surface area contributed by atoms with Crippen molar-refractivity contribution in [3.8, 4) is 0 Å². The largest absolute Gasteiger partial charge is 0.336 e. The number of nitrogens with zero attached hydrogens (tertiary/aromatic N) is 3. The minimum absolute atomic E-state index is 0.0153. The molecule has 4 aromatic rings. The van der Waals surface area contributed by atoms with E-state index in [-0.39, 0.29) is 10.8 Å². The first-order chi connectivity index (χ1) is 15.5. The molecule has 1 atom stereocenters. The van der Waals surface area contributed by atoms with Gasteiger partial charge in [0.15, 0.2) is 0 Å². The van der Waals surface area contributed by atoms with E-state index in [9.17, 15) is 13.2 Å². The van der Waals surface area contributed by atoms with Crippen LogP contribution in [0.2, 0.25) is 0 Å². The van der Waals surface area contributed by atoms with Gasteiger partial charge in [0.05, 0.1) is 11.7 Å². The normalized spacial score (nSPS) is 14.8. The molecule has 9 heteroatoms. The summed E-state index contributed by atoms with van der Waals surface area (Å²) in [5.74, 6) is -0.280. The number of sulfonamides is 1. The zero-order valence-corrected chi connectivity index (χ0v) is 18.6. The van der Waals surface area contributed by atoms with Crippen LogP contribution in [-0.4, -0.2) is 34.5 Å². The highest BCUT2D eigenvalue weighted by molar-refractivity contribution is 7.89. The van der Waals surface area contributed by atoms with E-state index in [4.69, 9.17) is 0 Å². The van der Waals surface area contributed by atoms with Crippen molar-refractivity contribution < 1.29 is 13.2 Å². The van der Waals surface area contributed by atoms with Gasteiger partial charge in [0, 0.05) is 13.1 Å². The number of benzene rings is 3. The Morgan fingerprint density at radius 2 is 1.69 bits per heavy atom. The number of hydrogen-bond acceptors (Lipinski definition) is 6. The van der Waals surface area contributed by atoms with Crippen molar-refractivity contribution in [1.29, 1.82) is 0 Å². The van der Waals surface area contributed by atoms with Crippen LogP contribution in [-0.2, 0) is 27.8 Å². The van der Waals surface area contributed by atoms with E-state index in [0.717, 1.165) is 23.7 Å². The number of carbonyl (C=O) groups is 1. The molecule has 1 aliphatic heterocycles. The van der Waals surface area contributed by atoms with Crippen molar-refractivity contribution in [3.05, 3.63) is 89.5 Å². The second kappa shape index (κ2) is 8.42. The third kappa shape index (κ3) is 3.90. The van der Waals surface area contributed by atoms with Gasteiger partial charge in [-0.2, -0.15) is 13.5 Å². The number of nitrogens with one attached hydrogen (secondary N) is 1. The standard InChI is InChI=1S/C23H20N4O3S2/c28-23(27-14-13-16-7-4-5-10-18(16)15-27)21(17-8-2-1-3-9-17)26-32(29,30)20-12-6-11-19-22(20)25-31-24-19/h1-12,21,26H,13-15H2/t21-/m1/s1. The highest BCUT2D eigenvalue weighted by Crippen LogP contribution is 2.26. The van der Waals surface area contributed by atoms with Crippen molar-refractivity contribution in [1.82, 2.24) is 18.4 Å². The summed E-state index contributed by atoms with van der Waals surface area (Å²) in [5.41, 5.74) is 3.70. The summed E-state index contributed by atoms with van der Waals surface area (Å²) >= 11 is 0.954. The zero-order valence-electron chi connectivity index (χ0n) is 17.0. The van der Waals surface area contributed by atoms with Gasteiger partial charge in [-0.25, -0.2) is 8.42 Å². The van der Waals surface area contributed by atoms with Crippen molar-refractivity contribution in [2.24, 2.45) is 0 Å². The van der Waals surface area contributed by atoms with Gasteiger partial charge < -0.3 is 4.90 Å². The Hall–Kier alpha value is -3.14. The van der Waals surface area contributed by atoms with Gasteiger partial charge in [-0.3, -0.25) is 4.79 Å². The van der Waals surface area contributed by atoms with E-state index in [2.05, 4.69) is 19.5 Å². The van der Waals surface area contributed by atoms with Gasteiger partial charge in [0.2, 0.25) is 15.9 Å². The fourth-order valence-corrected chi connectivity index (χ4v) is 5.93. The Kier molecular flexibility index (Phi) is 5.46. The Labute approximate surface area is 190 Å². The average Bonchev–Trinajstić information content (AvgIpc) is 3.31. The van der Waals surface area contributed by atoms with Crippen LogP contribution in [0.5, 0.6) is 0 Å². The molecule has 0 saturated heterocycles. The quantitative estimate of drug-likeness (QED) is 0.489. The van der Waals surface area contributed by atoms with Gasteiger partial charge in [0.1, 0.15) is 22.0 Å². The number of aromatic nitrogens is 2. The molecule has 0 spiro atoms. The highest BCUT2D eigenvalue weighted by atomic mass is 32.2. The van der Waals surface area contributed by atoms with E-state index in [1.54, 1.807) is 41.3 Å². The summed E-state index contributed by atoms with van der Waals surface area (Å²) in [6.07, 6.45) is 0.736. The Morgan fingerprint density at radius 3 is 2.50 bits per heavy atom. The summed E-state index contributed by atoms with van der Waals surface area (Å²) in [6.45, 7) is 0.984. The molecule has 0 bridgehead atoms. The molecule has 5 rings (SSSR count). The summed E-state index contributed by atoms with van der Waals surface area (Å²) in [6, 6.07) is 20.7. The van der Waals surface area contributed by atoms with Crippen LogP contribution in [0.4, 0.5) is 0 Å². The maximum atomic E-state index is 13.6. The first kappa shape index (κ1) is 20.7. The molecule has 1 amide bonds. The average molecular weight is 465 g/mol. The molecule has 0 radical (unpaired) electrons. The molecule has 0 saturated carbocycles. The lowest BCUT2D eigenvalue weighted by molar-refractivity contribution is -0.134. The third-order valence-corrected chi connectivity index (χ3v) is 7.63. The van der Waals surface area contributed by atoms with Gasteiger partial charge in [-0.1, -0.05) is 60.7 Å². The number of hydrogen-bond donors (Lipinski definition) is 1. The molecule has 32 heavy (non-hydrogen) atoms. The van der Waals surface area contributed by atoms with Crippen LogP contribution in [0.25, 0.3) is 11.0 Å². The molecule has 0 unspecified atom stereocenters. The number of amides is 1. The first-order valence-electron chi connectivity index (χ1n) is 10.2. The maximum Gasteiger partial charge on any atom is 0.245 e. The maximum absolute atomic E-state index is 13.6. The van der Waals surface area contributed by atoms with E-state index >= 15 is 0 Å². The SMILES string of the molecule is O=C([C@H](NS(=O)(=O)c1cccc2nsnc12)c1ccccc1)N1CCc2ccccc2C1. The molecule has 1 N–H and O–H groups in total. The van der Waals surface area contributed by atoms with Gasteiger partial charge in [-0.05, 0) is 35.2 Å². The van der Waals surface area contributed by atoms with Crippen molar-refractivity contribution in [2.75, 3.05) is 6.54 Å². The molecule has 1 aliphatic rings.